The molecule has 124 valence electrons. The molecular formula is C18H18FN3O2. The van der Waals surface area contributed by atoms with E-state index in [1.807, 2.05) is 4.90 Å². The van der Waals surface area contributed by atoms with Crippen LogP contribution in [0.1, 0.15) is 16.8 Å². The lowest BCUT2D eigenvalue weighted by Gasteiger charge is -2.29. The highest BCUT2D eigenvalue weighted by Crippen LogP contribution is 2.19. The van der Waals surface area contributed by atoms with Crippen LogP contribution in [0.25, 0.3) is 0 Å². The van der Waals surface area contributed by atoms with Crippen LogP contribution in [0, 0.1) is 5.82 Å². The van der Waals surface area contributed by atoms with Gasteiger partial charge in [-0.25, -0.2) is 4.39 Å². The zero-order chi connectivity index (χ0) is 16.9. The molecular weight excluding hydrogens is 309 g/mol. The second-order valence-electron chi connectivity index (χ2n) is 5.38. The molecule has 5 nitrogen and oxygen atoms in total. The Morgan fingerprint density at radius 1 is 1.25 bits per heavy atom. The second kappa shape index (κ2) is 7.12. The first kappa shape index (κ1) is 16.0. The first-order valence-electron chi connectivity index (χ1n) is 7.70. The Morgan fingerprint density at radius 2 is 2.08 bits per heavy atom. The summed E-state index contributed by atoms with van der Waals surface area (Å²) in [5, 5.41) is 2.81. The lowest BCUT2D eigenvalue weighted by molar-refractivity contribution is 0.0975. The summed E-state index contributed by atoms with van der Waals surface area (Å²) in [7, 11) is 1.55. The normalized spacial score (nSPS) is 14.1. The number of nitrogens with one attached hydrogen (secondary N) is 1. The Labute approximate surface area is 139 Å². The Hall–Kier alpha value is -2.89. The SMILES string of the molecule is COc1cccc(C(=O)NC2=NCCCN2c2cccc(F)c2)c1. The topological polar surface area (TPSA) is 53.9 Å². The van der Waals surface area contributed by atoms with Crippen LogP contribution in [-0.4, -0.2) is 32.1 Å². The van der Waals surface area contributed by atoms with Crippen LogP contribution in [0.5, 0.6) is 5.75 Å². The number of aliphatic imine (C=N–C) groups is 1. The summed E-state index contributed by atoms with van der Waals surface area (Å²) < 4.78 is 18.6. The highest BCUT2D eigenvalue weighted by molar-refractivity contribution is 6.11. The summed E-state index contributed by atoms with van der Waals surface area (Å²) in [5.41, 5.74) is 1.14. The van der Waals surface area contributed by atoms with Crippen LogP contribution in [0.2, 0.25) is 0 Å². The van der Waals surface area contributed by atoms with Gasteiger partial charge in [-0.3, -0.25) is 15.1 Å². The Bertz CT molecular complexity index is 776. The molecule has 2 aromatic carbocycles. The van der Waals surface area contributed by atoms with E-state index in [0.29, 0.717) is 36.0 Å². The quantitative estimate of drug-likeness (QED) is 0.943. The summed E-state index contributed by atoms with van der Waals surface area (Å²) in [6.07, 6.45) is 0.842. The number of hydrogen-bond acceptors (Lipinski definition) is 4. The van der Waals surface area contributed by atoms with Gasteiger partial charge >= 0.3 is 0 Å². The fraction of sp³-hybridized carbons (Fsp3) is 0.222. The van der Waals surface area contributed by atoms with E-state index in [1.54, 1.807) is 43.5 Å². The lowest BCUT2D eigenvalue weighted by atomic mass is 10.2. The lowest BCUT2D eigenvalue weighted by Crippen LogP contribution is -2.47. The van der Waals surface area contributed by atoms with E-state index < -0.39 is 0 Å². The fourth-order valence-corrected chi connectivity index (χ4v) is 2.55. The second-order valence-corrected chi connectivity index (χ2v) is 5.38. The number of rotatable bonds is 3. The molecule has 1 aliphatic heterocycles. The van der Waals surface area contributed by atoms with Gasteiger partial charge in [0.05, 0.1) is 7.11 Å². The number of hydrogen-bond donors (Lipinski definition) is 1. The number of carbonyl (C=O) groups is 1. The number of amides is 1. The summed E-state index contributed by atoms with van der Waals surface area (Å²) in [6.45, 7) is 1.29. The van der Waals surface area contributed by atoms with Gasteiger partial charge in [-0.05, 0) is 42.8 Å². The average Bonchev–Trinajstić information content (AvgIpc) is 2.62. The minimum atomic E-state index is -0.323. The van der Waals surface area contributed by atoms with Crippen LogP contribution in [0.3, 0.4) is 0 Å². The third-order valence-electron chi connectivity index (χ3n) is 3.73. The maximum atomic E-state index is 13.5. The Kier molecular flexibility index (Phi) is 4.74. The van der Waals surface area contributed by atoms with Gasteiger partial charge in [-0.1, -0.05) is 12.1 Å². The van der Waals surface area contributed by atoms with Crippen molar-refractivity contribution in [1.82, 2.24) is 5.32 Å². The molecule has 0 aliphatic carbocycles. The first-order valence-corrected chi connectivity index (χ1v) is 7.70. The van der Waals surface area contributed by atoms with E-state index in [1.165, 1.54) is 12.1 Å². The first-order chi connectivity index (χ1) is 11.7. The maximum Gasteiger partial charge on any atom is 0.258 e. The van der Waals surface area contributed by atoms with Crippen molar-refractivity contribution in [3.63, 3.8) is 0 Å². The third-order valence-corrected chi connectivity index (χ3v) is 3.73. The maximum absolute atomic E-state index is 13.5. The molecule has 0 aromatic heterocycles. The highest BCUT2D eigenvalue weighted by Gasteiger charge is 2.20. The molecule has 0 spiro atoms. The molecule has 1 N–H and O–H groups in total. The zero-order valence-electron chi connectivity index (χ0n) is 13.3. The summed E-state index contributed by atoms with van der Waals surface area (Å²) in [5.74, 6) is 0.433. The molecule has 24 heavy (non-hydrogen) atoms. The minimum Gasteiger partial charge on any atom is -0.497 e. The van der Waals surface area contributed by atoms with Gasteiger partial charge in [-0.2, -0.15) is 0 Å². The van der Waals surface area contributed by atoms with Crippen molar-refractivity contribution >= 4 is 17.6 Å². The number of carbonyl (C=O) groups excluding carboxylic acids is 1. The molecule has 6 heteroatoms. The van der Waals surface area contributed by atoms with E-state index in [4.69, 9.17) is 4.74 Å². The largest absolute Gasteiger partial charge is 0.497 e. The number of nitrogens with zero attached hydrogens (tertiary/aromatic N) is 2. The third kappa shape index (κ3) is 3.53. The van der Waals surface area contributed by atoms with Gasteiger partial charge in [0, 0.05) is 24.3 Å². The van der Waals surface area contributed by atoms with Gasteiger partial charge in [0.15, 0.2) is 0 Å². The highest BCUT2D eigenvalue weighted by atomic mass is 19.1. The standard InChI is InChI=1S/C18H18FN3O2/c1-24-16-8-2-5-13(11-16)17(23)21-18-20-9-4-10-22(18)15-7-3-6-14(19)12-15/h2-3,5-8,11-12H,4,9-10H2,1H3,(H,20,21,23). The van der Waals surface area contributed by atoms with E-state index in [0.717, 1.165) is 6.42 Å². The predicted molar refractivity (Wildman–Crippen MR) is 91.1 cm³/mol. The van der Waals surface area contributed by atoms with Gasteiger partial charge in [0.1, 0.15) is 11.6 Å². The molecule has 1 aliphatic rings. The van der Waals surface area contributed by atoms with Crippen molar-refractivity contribution in [3.8, 4) is 5.75 Å². The molecule has 0 bridgehead atoms. The number of ether oxygens (including phenoxy) is 1. The zero-order valence-corrected chi connectivity index (χ0v) is 13.3. The minimum absolute atomic E-state index is 0.282. The number of methoxy groups -OCH3 is 1. The van der Waals surface area contributed by atoms with Crippen molar-refractivity contribution in [1.29, 1.82) is 0 Å². The van der Waals surface area contributed by atoms with Gasteiger partial charge < -0.3 is 9.64 Å². The fourth-order valence-electron chi connectivity index (χ4n) is 2.55. The van der Waals surface area contributed by atoms with Crippen molar-refractivity contribution in [2.45, 2.75) is 6.42 Å². The van der Waals surface area contributed by atoms with Crippen LogP contribution in [0.15, 0.2) is 53.5 Å². The van der Waals surface area contributed by atoms with Crippen LogP contribution < -0.4 is 15.0 Å². The molecule has 0 radical (unpaired) electrons. The van der Waals surface area contributed by atoms with Crippen molar-refractivity contribution in [2.24, 2.45) is 4.99 Å². The molecule has 2 aromatic rings. The number of guanidine groups is 1. The van der Waals surface area contributed by atoms with Crippen molar-refractivity contribution < 1.29 is 13.9 Å². The summed E-state index contributed by atoms with van der Waals surface area (Å²) in [4.78, 5) is 18.7. The number of benzene rings is 2. The Balaban J connectivity index is 1.81. The molecule has 3 rings (SSSR count). The van der Waals surface area contributed by atoms with Crippen LogP contribution >= 0.6 is 0 Å². The van der Waals surface area contributed by atoms with Gasteiger partial charge in [0.25, 0.3) is 5.91 Å². The molecule has 1 heterocycles. The molecule has 1 amide bonds. The summed E-state index contributed by atoms with van der Waals surface area (Å²) in [6, 6.07) is 13.1. The van der Waals surface area contributed by atoms with E-state index >= 15 is 0 Å². The summed E-state index contributed by atoms with van der Waals surface area (Å²) >= 11 is 0. The molecule has 0 saturated carbocycles. The van der Waals surface area contributed by atoms with Crippen LogP contribution in [-0.2, 0) is 0 Å². The molecule has 0 unspecified atom stereocenters. The van der Waals surface area contributed by atoms with Crippen molar-refractivity contribution in [2.75, 3.05) is 25.1 Å². The van der Waals surface area contributed by atoms with Crippen molar-refractivity contribution in [3.05, 3.63) is 59.9 Å². The van der Waals surface area contributed by atoms with E-state index in [-0.39, 0.29) is 11.7 Å². The molecule has 0 saturated heterocycles. The number of anilines is 1. The predicted octanol–water partition coefficient (Wildman–Crippen LogP) is 2.83. The van der Waals surface area contributed by atoms with Crippen LogP contribution in [0.4, 0.5) is 10.1 Å². The number of halogens is 1. The smallest absolute Gasteiger partial charge is 0.258 e. The Morgan fingerprint density at radius 3 is 2.88 bits per heavy atom. The molecule has 0 atom stereocenters. The van der Waals surface area contributed by atoms with Gasteiger partial charge in [0.2, 0.25) is 5.96 Å². The molecule has 0 fully saturated rings. The van der Waals surface area contributed by atoms with E-state index in [2.05, 4.69) is 10.3 Å². The average molecular weight is 327 g/mol. The van der Waals surface area contributed by atoms with Gasteiger partial charge in [-0.15, -0.1) is 0 Å². The van der Waals surface area contributed by atoms with E-state index in [9.17, 15) is 9.18 Å². The monoisotopic (exact) mass is 327 g/mol.